The van der Waals surface area contributed by atoms with Crippen molar-refractivity contribution in [3.05, 3.63) is 29.6 Å². The topological polar surface area (TPSA) is 35.2 Å². The molecule has 1 aliphatic carbocycles. The van der Waals surface area contributed by atoms with Crippen LogP contribution in [0.15, 0.2) is 18.2 Å². The van der Waals surface area contributed by atoms with Gasteiger partial charge in [0, 0.05) is 11.1 Å². The van der Waals surface area contributed by atoms with Crippen molar-refractivity contribution < 1.29 is 9.13 Å². The van der Waals surface area contributed by atoms with Gasteiger partial charge in [-0.1, -0.05) is 12.1 Å². The monoisotopic (exact) mass is 275 g/mol. The average molecular weight is 276 g/mol. The Bertz CT molecular complexity index is 352. The smallest absolute Gasteiger partial charge is 0.165 e. The molecule has 0 spiro atoms. The summed E-state index contributed by atoms with van der Waals surface area (Å²) in [5.41, 5.74) is 6.55. The number of benzene rings is 1. The highest BCUT2D eigenvalue weighted by Gasteiger charge is 2.37. The Morgan fingerprint density at radius 3 is 2.53 bits per heavy atom. The molecule has 0 heterocycles. The van der Waals surface area contributed by atoms with Gasteiger partial charge in [-0.3, -0.25) is 0 Å². The van der Waals surface area contributed by atoms with Gasteiger partial charge in [-0.05, 0) is 25.3 Å². The van der Waals surface area contributed by atoms with Crippen LogP contribution in [0.2, 0.25) is 0 Å². The molecule has 0 aromatic heterocycles. The van der Waals surface area contributed by atoms with Crippen LogP contribution in [0.25, 0.3) is 0 Å². The SMILES string of the molecule is Br.COc1c(F)cccc1C1(N)CCC1. The molecule has 4 heteroatoms. The third-order valence-electron chi connectivity index (χ3n) is 2.95. The van der Waals surface area contributed by atoms with Crippen LogP contribution in [0, 0.1) is 5.82 Å². The number of methoxy groups -OCH3 is 1. The van der Waals surface area contributed by atoms with E-state index in [0.717, 1.165) is 24.8 Å². The molecule has 0 unspecified atom stereocenters. The average Bonchev–Trinajstić information content (AvgIpc) is 2.14. The fourth-order valence-corrected chi connectivity index (χ4v) is 1.94. The van der Waals surface area contributed by atoms with Crippen molar-refractivity contribution in [2.75, 3.05) is 7.11 Å². The normalized spacial score (nSPS) is 17.5. The first-order chi connectivity index (χ1) is 6.67. The maximum absolute atomic E-state index is 13.4. The molecule has 2 rings (SSSR count). The van der Waals surface area contributed by atoms with E-state index in [0.29, 0.717) is 5.75 Å². The Morgan fingerprint density at radius 1 is 1.40 bits per heavy atom. The zero-order valence-corrected chi connectivity index (χ0v) is 10.3. The molecule has 0 aliphatic heterocycles. The van der Waals surface area contributed by atoms with Gasteiger partial charge < -0.3 is 10.5 Å². The van der Waals surface area contributed by atoms with E-state index in [1.165, 1.54) is 13.2 Å². The van der Waals surface area contributed by atoms with E-state index in [4.69, 9.17) is 10.5 Å². The van der Waals surface area contributed by atoms with Crippen LogP contribution in [-0.4, -0.2) is 7.11 Å². The molecule has 1 aromatic rings. The lowest BCUT2D eigenvalue weighted by molar-refractivity contribution is 0.241. The van der Waals surface area contributed by atoms with Crippen LogP contribution in [0.1, 0.15) is 24.8 Å². The van der Waals surface area contributed by atoms with Gasteiger partial charge in [0.2, 0.25) is 0 Å². The number of halogens is 2. The highest BCUT2D eigenvalue weighted by atomic mass is 79.9. The predicted octanol–water partition coefficient (Wildman–Crippen LogP) is 2.75. The van der Waals surface area contributed by atoms with Gasteiger partial charge in [0.05, 0.1) is 7.11 Å². The summed E-state index contributed by atoms with van der Waals surface area (Å²) < 4.78 is 18.4. The molecule has 0 bridgehead atoms. The maximum atomic E-state index is 13.4. The number of nitrogens with two attached hydrogens (primary N) is 1. The third kappa shape index (κ3) is 2.01. The molecule has 84 valence electrons. The minimum absolute atomic E-state index is 0. The van der Waals surface area contributed by atoms with Crippen LogP contribution in [0.3, 0.4) is 0 Å². The van der Waals surface area contributed by atoms with Gasteiger partial charge in [-0.15, -0.1) is 17.0 Å². The summed E-state index contributed by atoms with van der Waals surface area (Å²) in [4.78, 5) is 0. The summed E-state index contributed by atoms with van der Waals surface area (Å²) in [5, 5.41) is 0. The minimum Gasteiger partial charge on any atom is -0.493 e. The van der Waals surface area contributed by atoms with Crippen molar-refractivity contribution in [1.82, 2.24) is 0 Å². The second kappa shape index (κ2) is 4.49. The quantitative estimate of drug-likeness (QED) is 0.901. The van der Waals surface area contributed by atoms with Crippen LogP contribution in [0.5, 0.6) is 5.75 Å². The molecule has 0 amide bonds. The summed E-state index contributed by atoms with van der Waals surface area (Å²) in [7, 11) is 1.48. The molecular weight excluding hydrogens is 261 g/mol. The number of hydrogen-bond donors (Lipinski definition) is 1. The molecule has 15 heavy (non-hydrogen) atoms. The Kier molecular flexibility index (Phi) is 3.73. The van der Waals surface area contributed by atoms with Gasteiger partial charge in [-0.2, -0.15) is 0 Å². The second-order valence-electron chi connectivity index (χ2n) is 3.83. The van der Waals surface area contributed by atoms with Crippen LogP contribution >= 0.6 is 17.0 Å². The molecule has 0 radical (unpaired) electrons. The van der Waals surface area contributed by atoms with Gasteiger partial charge in [-0.25, -0.2) is 4.39 Å². The zero-order valence-electron chi connectivity index (χ0n) is 8.63. The molecule has 0 atom stereocenters. The summed E-state index contributed by atoms with van der Waals surface area (Å²) in [5.74, 6) is -0.0311. The molecular formula is C11H15BrFNO. The summed E-state index contributed by atoms with van der Waals surface area (Å²) >= 11 is 0. The fourth-order valence-electron chi connectivity index (χ4n) is 1.94. The van der Waals surface area contributed by atoms with Crippen LogP contribution in [-0.2, 0) is 5.54 Å². The molecule has 0 saturated heterocycles. The molecule has 2 N–H and O–H groups in total. The Hall–Kier alpha value is -0.610. The largest absolute Gasteiger partial charge is 0.493 e. The number of ether oxygens (including phenoxy) is 1. The van der Waals surface area contributed by atoms with Gasteiger partial charge in [0.1, 0.15) is 0 Å². The van der Waals surface area contributed by atoms with E-state index in [1.807, 2.05) is 6.07 Å². The lowest BCUT2D eigenvalue weighted by Crippen LogP contribution is -2.43. The Labute approximate surface area is 99.4 Å². The molecule has 1 fully saturated rings. The lowest BCUT2D eigenvalue weighted by Gasteiger charge is -2.39. The molecule has 1 saturated carbocycles. The van der Waals surface area contributed by atoms with Crippen molar-refractivity contribution in [2.45, 2.75) is 24.8 Å². The highest BCUT2D eigenvalue weighted by molar-refractivity contribution is 8.93. The first-order valence-electron chi connectivity index (χ1n) is 4.79. The van der Waals surface area contributed by atoms with E-state index < -0.39 is 0 Å². The van der Waals surface area contributed by atoms with E-state index in [1.54, 1.807) is 6.07 Å². The first-order valence-corrected chi connectivity index (χ1v) is 4.79. The number of para-hydroxylation sites is 1. The van der Waals surface area contributed by atoms with Gasteiger partial charge in [0.25, 0.3) is 0 Å². The van der Waals surface area contributed by atoms with E-state index in [-0.39, 0.29) is 28.3 Å². The van der Waals surface area contributed by atoms with Crippen molar-refractivity contribution in [2.24, 2.45) is 5.73 Å². The summed E-state index contributed by atoms with van der Waals surface area (Å²) in [6.45, 7) is 0. The Balaban J connectivity index is 0.00000112. The molecule has 2 nitrogen and oxygen atoms in total. The van der Waals surface area contributed by atoms with Crippen molar-refractivity contribution in [3.63, 3.8) is 0 Å². The second-order valence-corrected chi connectivity index (χ2v) is 3.83. The summed E-state index contributed by atoms with van der Waals surface area (Å²) in [6, 6.07) is 4.92. The van der Waals surface area contributed by atoms with E-state index >= 15 is 0 Å². The van der Waals surface area contributed by atoms with E-state index in [2.05, 4.69) is 0 Å². The number of hydrogen-bond acceptors (Lipinski definition) is 2. The van der Waals surface area contributed by atoms with Crippen LogP contribution in [0.4, 0.5) is 4.39 Å². The zero-order chi connectivity index (χ0) is 10.2. The number of rotatable bonds is 2. The standard InChI is InChI=1S/C11H14FNO.BrH/c1-14-10-8(4-2-5-9(10)12)11(13)6-3-7-11;/h2,4-5H,3,6-7,13H2,1H3;1H. The predicted molar refractivity (Wildman–Crippen MR) is 63.0 cm³/mol. The Morgan fingerprint density at radius 2 is 2.07 bits per heavy atom. The van der Waals surface area contributed by atoms with Gasteiger partial charge in [0.15, 0.2) is 11.6 Å². The van der Waals surface area contributed by atoms with Crippen molar-refractivity contribution in [1.29, 1.82) is 0 Å². The van der Waals surface area contributed by atoms with E-state index in [9.17, 15) is 4.39 Å². The molecule has 1 aromatic carbocycles. The van der Waals surface area contributed by atoms with Crippen molar-refractivity contribution in [3.8, 4) is 5.75 Å². The van der Waals surface area contributed by atoms with Crippen molar-refractivity contribution >= 4 is 17.0 Å². The molecule has 1 aliphatic rings. The van der Waals surface area contributed by atoms with Gasteiger partial charge >= 0.3 is 0 Å². The first kappa shape index (κ1) is 12.5. The summed E-state index contributed by atoms with van der Waals surface area (Å²) in [6.07, 6.45) is 2.93. The maximum Gasteiger partial charge on any atom is 0.165 e. The highest BCUT2D eigenvalue weighted by Crippen LogP contribution is 2.43. The third-order valence-corrected chi connectivity index (χ3v) is 2.95. The lowest BCUT2D eigenvalue weighted by atomic mass is 9.72. The van der Waals surface area contributed by atoms with Crippen LogP contribution < -0.4 is 10.5 Å². The fraction of sp³-hybridized carbons (Fsp3) is 0.455. The minimum atomic E-state index is -0.368.